The van der Waals surface area contributed by atoms with E-state index in [1.165, 1.54) is 18.3 Å². The van der Waals surface area contributed by atoms with Gasteiger partial charge in [-0.25, -0.2) is 18.1 Å². The van der Waals surface area contributed by atoms with Crippen molar-refractivity contribution in [2.45, 2.75) is 24.8 Å². The summed E-state index contributed by atoms with van der Waals surface area (Å²) in [4.78, 5) is 3.88. The number of nitrogens with zero attached hydrogens (tertiary/aromatic N) is 1. The van der Waals surface area contributed by atoms with Gasteiger partial charge < -0.3 is 0 Å². The number of pyridine rings is 1. The van der Waals surface area contributed by atoms with Crippen LogP contribution in [0.15, 0.2) is 47.5 Å². The van der Waals surface area contributed by atoms with Gasteiger partial charge in [0.25, 0.3) is 0 Å². The summed E-state index contributed by atoms with van der Waals surface area (Å²) in [7, 11) is -3.61. The number of hydrogen-bond donors (Lipinski definition) is 1. The van der Waals surface area contributed by atoms with Gasteiger partial charge in [-0.1, -0.05) is 41.4 Å². The number of halogens is 1. The Balaban J connectivity index is 2.19. The summed E-state index contributed by atoms with van der Waals surface area (Å²) in [6.45, 7) is 3.78. The van der Waals surface area contributed by atoms with E-state index in [2.05, 4.69) is 9.71 Å². The highest BCUT2D eigenvalue weighted by Crippen LogP contribution is 2.17. The lowest BCUT2D eigenvalue weighted by Crippen LogP contribution is -2.27. The number of hydrogen-bond acceptors (Lipinski definition) is 3. The Morgan fingerprint density at radius 2 is 1.80 bits per heavy atom. The summed E-state index contributed by atoms with van der Waals surface area (Å²) in [5.41, 5.74) is 2.03. The number of sulfonamides is 1. The SMILES string of the molecule is Cc1ccc(C(C)NS(=O)(=O)c2ccc(Cl)nc2)cc1. The fourth-order valence-corrected chi connectivity index (χ4v) is 3.03. The molecular formula is C14H15ClN2O2S. The summed E-state index contributed by atoms with van der Waals surface area (Å²) in [6, 6.07) is 10.3. The fraction of sp³-hybridized carbons (Fsp3) is 0.214. The highest BCUT2D eigenvalue weighted by molar-refractivity contribution is 7.89. The topological polar surface area (TPSA) is 59.1 Å². The molecule has 0 aliphatic heterocycles. The van der Waals surface area contributed by atoms with Crippen LogP contribution < -0.4 is 4.72 Å². The first-order valence-electron chi connectivity index (χ1n) is 6.09. The largest absolute Gasteiger partial charge is 0.243 e. The minimum Gasteiger partial charge on any atom is -0.243 e. The quantitative estimate of drug-likeness (QED) is 0.883. The molecule has 0 bridgehead atoms. The van der Waals surface area contributed by atoms with E-state index >= 15 is 0 Å². The Morgan fingerprint density at radius 3 is 2.35 bits per heavy atom. The molecule has 1 aromatic heterocycles. The van der Waals surface area contributed by atoms with Crippen LogP contribution in [-0.2, 0) is 10.0 Å². The maximum atomic E-state index is 12.2. The molecule has 0 saturated heterocycles. The minimum atomic E-state index is -3.61. The molecule has 0 amide bonds. The average Bonchev–Trinajstić information content (AvgIpc) is 2.39. The van der Waals surface area contributed by atoms with Crippen LogP contribution in [0.2, 0.25) is 5.15 Å². The van der Waals surface area contributed by atoms with Crippen molar-refractivity contribution in [1.82, 2.24) is 9.71 Å². The summed E-state index contributed by atoms with van der Waals surface area (Å²) in [6.07, 6.45) is 1.24. The minimum absolute atomic E-state index is 0.0980. The van der Waals surface area contributed by atoms with E-state index in [4.69, 9.17) is 11.6 Å². The zero-order valence-corrected chi connectivity index (χ0v) is 12.7. The molecule has 0 radical (unpaired) electrons. The van der Waals surface area contributed by atoms with Gasteiger partial charge in [0.1, 0.15) is 10.0 Å². The van der Waals surface area contributed by atoms with Crippen molar-refractivity contribution in [2.24, 2.45) is 0 Å². The molecule has 0 aliphatic carbocycles. The molecule has 106 valence electrons. The van der Waals surface area contributed by atoms with E-state index in [1.807, 2.05) is 31.2 Å². The van der Waals surface area contributed by atoms with Crippen LogP contribution >= 0.6 is 11.6 Å². The number of nitrogens with one attached hydrogen (secondary N) is 1. The Labute approximate surface area is 123 Å². The molecule has 0 spiro atoms. The Kier molecular flexibility index (Phi) is 4.42. The average molecular weight is 311 g/mol. The van der Waals surface area contributed by atoms with E-state index in [1.54, 1.807) is 6.92 Å². The van der Waals surface area contributed by atoms with Gasteiger partial charge in [-0.05, 0) is 31.5 Å². The van der Waals surface area contributed by atoms with Gasteiger partial charge in [-0.2, -0.15) is 0 Å². The molecule has 1 unspecified atom stereocenters. The smallest absolute Gasteiger partial charge is 0.242 e. The molecule has 1 aromatic carbocycles. The molecular weight excluding hydrogens is 296 g/mol. The fourth-order valence-electron chi connectivity index (χ4n) is 1.75. The monoisotopic (exact) mass is 310 g/mol. The van der Waals surface area contributed by atoms with Gasteiger partial charge in [0.15, 0.2) is 0 Å². The maximum Gasteiger partial charge on any atom is 0.242 e. The Morgan fingerprint density at radius 1 is 1.15 bits per heavy atom. The molecule has 0 fully saturated rings. The third-order valence-corrected chi connectivity index (χ3v) is 4.67. The normalized spacial score (nSPS) is 13.2. The first-order chi connectivity index (χ1) is 9.38. The summed E-state index contributed by atoms with van der Waals surface area (Å²) >= 11 is 5.65. The van der Waals surface area contributed by atoms with Gasteiger partial charge in [0, 0.05) is 12.2 Å². The number of aryl methyl sites for hydroxylation is 1. The van der Waals surface area contributed by atoms with Crippen LogP contribution in [-0.4, -0.2) is 13.4 Å². The van der Waals surface area contributed by atoms with E-state index < -0.39 is 10.0 Å². The van der Waals surface area contributed by atoms with Crippen LogP contribution in [0.25, 0.3) is 0 Å². The number of aromatic nitrogens is 1. The zero-order chi connectivity index (χ0) is 14.8. The molecule has 6 heteroatoms. The van der Waals surface area contributed by atoms with Gasteiger partial charge in [0.05, 0.1) is 0 Å². The molecule has 0 saturated carbocycles. The van der Waals surface area contributed by atoms with Crippen molar-refractivity contribution < 1.29 is 8.42 Å². The molecule has 2 aromatic rings. The second-order valence-electron chi connectivity index (χ2n) is 4.57. The van der Waals surface area contributed by atoms with Crippen molar-refractivity contribution >= 4 is 21.6 Å². The molecule has 1 N–H and O–H groups in total. The van der Waals surface area contributed by atoms with E-state index in [0.29, 0.717) is 0 Å². The van der Waals surface area contributed by atoms with Gasteiger partial charge in [-0.3, -0.25) is 0 Å². The molecule has 20 heavy (non-hydrogen) atoms. The molecule has 1 heterocycles. The van der Waals surface area contributed by atoms with Crippen LogP contribution in [0, 0.1) is 6.92 Å². The van der Waals surface area contributed by atoms with Crippen LogP contribution in [0.5, 0.6) is 0 Å². The van der Waals surface area contributed by atoms with Crippen molar-refractivity contribution in [3.05, 3.63) is 58.9 Å². The lowest BCUT2D eigenvalue weighted by Gasteiger charge is -2.14. The third-order valence-electron chi connectivity index (χ3n) is 2.92. The summed E-state index contributed by atoms with van der Waals surface area (Å²) in [5, 5.41) is 0.260. The first-order valence-corrected chi connectivity index (χ1v) is 7.95. The maximum absolute atomic E-state index is 12.2. The van der Waals surface area contributed by atoms with Crippen LogP contribution in [0.3, 0.4) is 0 Å². The second-order valence-corrected chi connectivity index (χ2v) is 6.67. The number of rotatable bonds is 4. The molecule has 4 nitrogen and oxygen atoms in total. The van der Waals surface area contributed by atoms with Gasteiger partial charge in [-0.15, -0.1) is 0 Å². The zero-order valence-electron chi connectivity index (χ0n) is 11.2. The highest BCUT2D eigenvalue weighted by Gasteiger charge is 2.18. The predicted octanol–water partition coefficient (Wildman–Crippen LogP) is 3.08. The lowest BCUT2D eigenvalue weighted by atomic mass is 10.1. The molecule has 1 atom stereocenters. The van der Waals surface area contributed by atoms with E-state index in [-0.39, 0.29) is 16.1 Å². The first kappa shape index (κ1) is 15.0. The van der Waals surface area contributed by atoms with Crippen molar-refractivity contribution in [1.29, 1.82) is 0 Å². The van der Waals surface area contributed by atoms with Gasteiger partial charge in [0.2, 0.25) is 10.0 Å². The van der Waals surface area contributed by atoms with E-state index in [9.17, 15) is 8.42 Å². The Hall–Kier alpha value is -1.43. The lowest BCUT2D eigenvalue weighted by molar-refractivity contribution is 0.566. The summed E-state index contributed by atoms with van der Waals surface area (Å²) in [5.74, 6) is 0. The van der Waals surface area contributed by atoms with Crippen LogP contribution in [0.4, 0.5) is 0 Å². The second kappa shape index (κ2) is 5.91. The van der Waals surface area contributed by atoms with Gasteiger partial charge >= 0.3 is 0 Å². The Bertz CT molecular complexity index is 682. The summed E-state index contributed by atoms with van der Waals surface area (Å²) < 4.78 is 27.0. The van der Waals surface area contributed by atoms with Crippen LogP contribution in [0.1, 0.15) is 24.1 Å². The number of benzene rings is 1. The predicted molar refractivity (Wildman–Crippen MR) is 79.2 cm³/mol. The van der Waals surface area contributed by atoms with Crippen molar-refractivity contribution in [3.63, 3.8) is 0 Å². The van der Waals surface area contributed by atoms with Crippen molar-refractivity contribution in [2.75, 3.05) is 0 Å². The van der Waals surface area contributed by atoms with Crippen molar-refractivity contribution in [3.8, 4) is 0 Å². The molecule has 0 aliphatic rings. The highest BCUT2D eigenvalue weighted by atomic mass is 35.5. The molecule has 2 rings (SSSR count). The standard InChI is InChI=1S/C14H15ClN2O2S/c1-10-3-5-12(6-4-10)11(2)17-20(18,19)13-7-8-14(15)16-9-13/h3-9,11,17H,1-2H3. The van der Waals surface area contributed by atoms with E-state index in [0.717, 1.165) is 11.1 Å². The third kappa shape index (κ3) is 3.56.